The number of anilines is 1. The van der Waals surface area contributed by atoms with E-state index in [-0.39, 0.29) is 11.8 Å². The number of nitrogens with zero attached hydrogens (tertiary/aromatic N) is 5. The van der Waals surface area contributed by atoms with Crippen molar-refractivity contribution in [2.24, 2.45) is 5.92 Å². The lowest BCUT2D eigenvalue weighted by atomic mass is 9.96. The number of aromatic nitrogens is 4. The van der Waals surface area contributed by atoms with Crippen molar-refractivity contribution in [2.75, 3.05) is 18.0 Å². The van der Waals surface area contributed by atoms with Crippen LogP contribution in [0.1, 0.15) is 24.1 Å². The van der Waals surface area contributed by atoms with E-state index in [4.69, 9.17) is 16.7 Å². The summed E-state index contributed by atoms with van der Waals surface area (Å²) in [4.78, 5) is 23.7. The van der Waals surface area contributed by atoms with Gasteiger partial charge in [-0.25, -0.2) is 4.98 Å². The summed E-state index contributed by atoms with van der Waals surface area (Å²) in [6, 6.07) is 15.6. The fourth-order valence-electron chi connectivity index (χ4n) is 4.27. The summed E-state index contributed by atoms with van der Waals surface area (Å²) in [5.74, 6) is 1.13. The van der Waals surface area contributed by atoms with Gasteiger partial charge in [0.05, 0.1) is 5.69 Å². The SMILES string of the molecule is Cc1cc(N2CCC(C(=O)NCc3cccnc3)CC2)n2nc(-c3ccc(Cl)cc3)cc2n1. The van der Waals surface area contributed by atoms with Crippen LogP contribution in [0.2, 0.25) is 5.02 Å². The van der Waals surface area contributed by atoms with E-state index in [0.29, 0.717) is 11.6 Å². The molecule has 8 heteroatoms. The number of amides is 1. The van der Waals surface area contributed by atoms with Gasteiger partial charge in [-0.3, -0.25) is 9.78 Å². The highest BCUT2D eigenvalue weighted by molar-refractivity contribution is 6.30. The van der Waals surface area contributed by atoms with Gasteiger partial charge < -0.3 is 10.2 Å². The van der Waals surface area contributed by atoms with E-state index >= 15 is 0 Å². The fourth-order valence-corrected chi connectivity index (χ4v) is 4.40. The molecular weight excluding hydrogens is 436 g/mol. The van der Waals surface area contributed by atoms with Gasteiger partial charge in [0.1, 0.15) is 5.82 Å². The van der Waals surface area contributed by atoms with E-state index in [9.17, 15) is 4.79 Å². The van der Waals surface area contributed by atoms with Gasteiger partial charge in [-0.2, -0.15) is 9.61 Å². The number of fused-ring (bicyclic) bond motifs is 1. The first-order chi connectivity index (χ1) is 16.1. The largest absolute Gasteiger partial charge is 0.356 e. The number of hydrogen-bond donors (Lipinski definition) is 1. The summed E-state index contributed by atoms with van der Waals surface area (Å²) in [5, 5.41) is 8.58. The zero-order valence-electron chi connectivity index (χ0n) is 18.4. The Kier molecular flexibility index (Phi) is 5.96. The predicted octanol–water partition coefficient (Wildman–Crippen LogP) is 4.29. The third-order valence-corrected chi connectivity index (χ3v) is 6.31. The molecule has 0 atom stereocenters. The highest BCUT2D eigenvalue weighted by Gasteiger charge is 2.26. The molecule has 33 heavy (non-hydrogen) atoms. The van der Waals surface area contributed by atoms with E-state index in [1.165, 1.54) is 0 Å². The molecule has 1 N–H and O–H groups in total. The molecule has 1 amide bonds. The van der Waals surface area contributed by atoms with Crippen molar-refractivity contribution < 1.29 is 4.79 Å². The molecule has 0 radical (unpaired) electrons. The fraction of sp³-hybridized carbons (Fsp3) is 0.280. The van der Waals surface area contributed by atoms with Crippen LogP contribution in [0.5, 0.6) is 0 Å². The second-order valence-electron chi connectivity index (χ2n) is 8.40. The van der Waals surface area contributed by atoms with Crippen LogP contribution in [0, 0.1) is 12.8 Å². The Balaban J connectivity index is 1.30. The molecule has 0 saturated carbocycles. The standard InChI is InChI=1S/C25H25ClN6O/c1-17-13-24(32-23(29-17)14-22(30-32)19-4-6-21(26)7-5-19)31-11-8-20(9-12-31)25(33)28-16-18-3-2-10-27-15-18/h2-7,10,13-15,20H,8-9,11-12,16H2,1H3,(H,28,33). The van der Waals surface area contributed by atoms with Crippen LogP contribution in [0.25, 0.3) is 16.9 Å². The minimum absolute atomic E-state index is 0.0126. The number of benzene rings is 1. The molecule has 1 aromatic carbocycles. The summed E-state index contributed by atoms with van der Waals surface area (Å²) in [7, 11) is 0. The van der Waals surface area contributed by atoms with Crippen molar-refractivity contribution in [3.8, 4) is 11.3 Å². The van der Waals surface area contributed by atoms with Crippen LogP contribution in [-0.4, -0.2) is 38.6 Å². The first-order valence-electron chi connectivity index (χ1n) is 11.1. The Labute approximate surface area is 197 Å². The topological polar surface area (TPSA) is 75.4 Å². The van der Waals surface area contributed by atoms with Crippen molar-refractivity contribution in [3.63, 3.8) is 0 Å². The van der Waals surface area contributed by atoms with E-state index in [1.807, 2.05) is 53.9 Å². The first-order valence-corrected chi connectivity index (χ1v) is 11.5. The van der Waals surface area contributed by atoms with Crippen molar-refractivity contribution in [3.05, 3.63) is 77.2 Å². The quantitative estimate of drug-likeness (QED) is 0.481. The van der Waals surface area contributed by atoms with E-state index in [2.05, 4.69) is 26.3 Å². The minimum Gasteiger partial charge on any atom is -0.356 e. The zero-order chi connectivity index (χ0) is 22.8. The summed E-state index contributed by atoms with van der Waals surface area (Å²) in [5.41, 5.74) is 4.61. The number of piperidine rings is 1. The normalized spacial score (nSPS) is 14.5. The Bertz CT molecular complexity index is 1260. The monoisotopic (exact) mass is 460 g/mol. The molecule has 0 aliphatic carbocycles. The van der Waals surface area contributed by atoms with Crippen LogP contribution >= 0.6 is 11.6 Å². The van der Waals surface area contributed by atoms with Crippen LogP contribution < -0.4 is 10.2 Å². The minimum atomic E-state index is 0.0126. The third-order valence-electron chi connectivity index (χ3n) is 6.06. The second kappa shape index (κ2) is 9.19. The molecule has 5 rings (SSSR count). The lowest BCUT2D eigenvalue weighted by Gasteiger charge is -2.33. The van der Waals surface area contributed by atoms with Gasteiger partial charge in [-0.15, -0.1) is 0 Å². The molecule has 168 valence electrons. The number of carbonyl (C=O) groups excluding carboxylic acids is 1. The van der Waals surface area contributed by atoms with Gasteiger partial charge in [0.15, 0.2) is 5.65 Å². The number of nitrogens with one attached hydrogen (secondary N) is 1. The maximum absolute atomic E-state index is 12.7. The number of carbonyl (C=O) groups is 1. The number of halogens is 1. The smallest absolute Gasteiger partial charge is 0.223 e. The molecule has 0 bridgehead atoms. The second-order valence-corrected chi connectivity index (χ2v) is 8.84. The van der Waals surface area contributed by atoms with Crippen LogP contribution in [0.15, 0.2) is 60.9 Å². The van der Waals surface area contributed by atoms with Gasteiger partial charge in [0.2, 0.25) is 5.91 Å². The maximum atomic E-state index is 12.7. The van der Waals surface area contributed by atoms with E-state index in [0.717, 1.165) is 59.9 Å². The molecular formula is C25H25ClN6O. The Morgan fingerprint density at radius 3 is 2.67 bits per heavy atom. The average Bonchev–Trinajstić information content (AvgIpc) is 3.27. The van der Waals surface area contributed by atoms with Crippen molar-refractivity contribution in [1.82, 2.24) is 24.9 Å². The van der Waals surface area contributed by atoms with Gasteiger partial charge >= 0.3 is 0 Å². The van der Waals surface area contributed by atoms with Gasteiger partial charge in [0.25, 0.3) is 0 Å². The molecule has 3 aromatic heterocycles. The van der Waals surface area contributed by atoms with Crippen LogP contribution in [0.4, 0.5) is 5.82 Å². The summed E-state index contributed by atoms with van der Waals surface area (Å²) in [6.07, 6.45) is 5.11. The average molecular weight is 461 g/mol. The van der Waals surface area contributed by atoms with E-state index < -0.39 is 0 Å². The Morgan fingerprint density at radius 1 is 1.15 bits per heavy atom. The Morgan fingerprint density at radius 2 is 1.94 bits per heavy atom. The van der Waals surface area contributed by atoms with Crippen LogP contribution in [0.3, 0.4) is 0 Å². The number of hydrogen-bond acceptors (Lipinski definition) is 5. The Hall–Kier alpha value is -3.45. The molecule has 1 aliphatic heterocycles. The highest BCUT2D eigenvalue weighted by atomic mass is 35.5. The van der Waals surface area contributed by atoms with E-state index in [1.54, 1.807) is 12.4 Å². The summed E-state index contributed by atoms with van der Waals surface area (Å²) < 4.78 is 1.90. The van der Waals surface area contributed by atoms with Crippen LogP contribution in [-0.2, 0) is 11.3 Å². The molecule has 4 heterocycles. The van der Waals surface area contributed by atoms with Crippen molar-refractivity contribution in [1.29, 1.82) is 0 Å². The molecule has 0 spiro atoms. The zero-order valence-corrected chi connectivity index (χ0v) is 19.2. The number of rotatable bonds is 5. The predicted molar refractivity (Wildman–Crippen MR) is 129 cm³/mol. The molecule has 1 saturated heterocycles. The maximum Gasteiger partial charge on any atom is 0.223 e. The lowest BCUT2D eigenvalue weighted by Crippen LogP contribution is -2.41. The van der Waals surface area contributed by atoms with Gasteiger partial charge in [0, 0.05) is 66.4 Å². The number of aryl methyl sites for hydroxylation is 1. The number of pyridine rings is 1. The molecule has 4 aromatic rings. The molecule has 7 nitrogen and oxygen atoms in total. The van der Waals surface area contributed by atoms with Crippen molar-refractivity contribution >= 4 is 29.0 Å². The highest BCUT2D eigenvalue weighted by Crippen LogP contribution is 2.27. The molecule has 1 aliphatic rings. The molecule has 1 fully saturated rings. The molecule has 0 unspecified atom stereocenters. The van der Waals surface area contributed by atoms with Gasteiger partial charge in [-0.05, 0) is 43.5 Å². The summed E-state index contributed by atoms with van der Waals surface area (Å²) >= 11 is 6.03. The van der Waals surface area contributed by atoms with Crippen molar-refractivity contribution in [2.45, 2.75) is 26.3 Å². The first kappa shape index (κ1) is 21.4. The lowest BCUT2D eigenvalue weighted by molar-refractivity contribution is -0.125. The summed E-state index contributed by atoms with van der Waals surface area (Å²) in [6.45, 7) is 4.09. The van der Waals surface area contributed by atoms with Gasteiger partial charge in [-0.1, -0.05) is 29.8 Å². The third kappa shape index (κ3) is 4.68.